The first-order valence-corrected chi connectivity index (χ1v) is 9.59. The average Bonchev–Trinajstić information content (AvgIpc) is 3.47. The van der Waals surface area contributed by atoms with Gasteiger partial charge in [-0.3, -0.25) is 9.89 Å². The summed E-state index contributed by atoms with van der Waals surface area (Å²) in [5.41, 5.74) is 2.58. The molecule has 26 heavy (non-hydrogen) atoms. The van der Waals surface area contributed by atoms with Crippen molar-refractivity contribution in [3.05, 3.63) is 35.4 Å². The lowest BCUT2D eigenvalue weighted by Crippen LogP contribution is -2.49. The molecule has 0 spiro atoms. The Balaban J connectivity index is 0.00000243. The van der Waals surface area contributed by atoms with Crippen LogP contribution in [-0.4, -0.2) is 68.2 Å². The third kappa shape index (κ3) is 5.57. The highest BCUT2D eigenvalue weighted by Gasteiger charge is 2.28. The molecule has 1 saturated heterocycles. The minimum Gasteiger partial charge on any atom is -0.370 e. The van der Waals surface area contributed by atoms with Crippen LogP contribution in [0.1, 0.15) is 37.0 Å². The number of aliphatic imine (C=N–C) groups is 1. The van der Waals surface area contributed by atoms with Crippen LogP contribution in [0.5, 0.6) is 0 Å². The lowest BCUT2D eigenvalue weighted by Gasteiger charge is -2.36. The Kier molecular flexibility index (Phi) is 8.63. The van der Waals surface area contributed by atoms with E-state index in [1.54, 1.807) is 0 Å². The fourth-order valence-corrected chi connectivity index (χ4v) is 3.66. The maximum Gasteiger partial charge on any atom is 0.193 e. The van der Waals surface area contributed by atoms with Gasteiger partial charge in [-0.15, -0.1) is 24.0 Å². The molecule has 1 unspecified atom stereocenters. The van der Waals surface area contributed by atoms with E-state index < -0.39 is 0 Å². The molecule has 1 aromatic carbocycles. The van der Waals surface area contributed by atoms with Crippen LogP contribution in [0.3, 0.4) is 0 Å². The Labute approximate surface area is 175 Å². The highest BCUT2D eigenvalue weighted by Crippen LogP contribution is 2.26. The van der Waals surface area contributed by atoms with E-state index in [9.17, 15) is 0 Å². The number of ether oxygens (including phenoxy) is 1. The molecule has 0 aromatic heterocycles. The zero-order valence-electron chi connectivity index (χ0n) is 16.3. The molecule has 2 fully saturated rings. The van der Waals surface area contributed by atoms with E-state index >= 15 is 0 Å². The molecule has 1 atom stereocenters. The van der Waals surface area contributed by atoms with E-state index in [0.29, 0.717) is 0 Å². The summed E-state index contributed by atoms with van der Waals surface area (Å²) in [5, 5.41) is 3.55. The molecule has 6 heteroatoms. The largest absolute Gasteiger partial charge is 0.370 e. The van der Waals surface area contributed by atoms with Crippen molar-refractivity contribution in [2.45, 2.75) is 38.8 Å². The van der Waals surface area contributed by atoms with Gasteiger partial charge in [0.1, 0.15) is 6.10 Å². The molecule has 0 amide bonds. The number of likely N-dealkylation sites (N-methyl/N-ethyl adjacent to an activating group) is 1. The second kappa shape index (κ2) is 10.5. The number of guanidine groups is 1. The zero-order valence-corrected chi connectivity index (χ0v) is 18.6. The summed E-state index contributed by atoms with van der Waals surface area (Å²) in [6.07, 6.45) is 2.85. The van der Waals surface area contributed by atoms with Crippen molar-refractivity contribution in [2.75, 3.05) is 46.4 Å². The van der Waals surface area contributed by atoms with Gasteiger partial charge in [0.15, 0.2) is 5.96 Å². The maximum atomic E-state index is 6.04. The Morgan fingerprint density at radius 2 is 2.12 bits per heavy atom. The van der Waals surface area contributed by atoms with Crippen molar-refractivity contribution in [3.8, 4) is 0 Å². The first-order chi connectivity index (χ1) is 12.2. The monoisotopic (exact) mass is 472 g/mol. The van der Waals surface area contributed by atoms with Gasteiger partial charge in [0, 0.05) is 32.7 Å². The predicted octanol–water partition coefficient (Wildman–Crippen LogP) is 3.05. The smallest absolute Gasteiger partial charge is 0.193 e. The molecule has 2 aliphatic rings. The summed E-state index contributed by atoms with van der Waals surface area (Å²) in [6.45, 7) is 10.1. The van der Waals surface area contributed by atoms with E-state index in [4.69, 9.17) is 4.74 Å². The van der Waals surface area contributed by atoms with E-state index in [0.717, 1.165) is 51.3 Å². The fraction of sp³-hybridized carbons (Fsp3) is 0.650. The summed E-state index contributed by atoms with van der Waals surface area (Å²) < 4.78 is 6.04. The molecule has 1 aliphatic carbocycles. The molecule has 0 radical (unpaired) electrons. The number of rotatable bonds is 6. The minimum absolute atomic E-state index is 0. The molecule has 146 valence electrons. The van der Waals surface area contributed by atoms with Crippen LogP contribution in [0.2, 0.25) is 0 Å². The second-order valence-corrected chi connectivity index (χ2v) is 7.00. The summed E-state index contributed by atoms with van der Waals surface area (Å²) in [4.78, 5) is 9.40. The molecular formula is C20H33IN4O. The topological polar surface area (TPSA) is 40.1 Å². The van der Waals surface area contributed by atoms with Crippen LogP contribution in [0.25, 0.3) is 0 Å². The summed E-state index contributed by atoms with van der Waals surface area (Å²) in [7, 11) is 1.87. The Morgan fingerprint density at radius 1 is 1.35 bits per heavy atom. The van der Waals surface area contributed by atoms with Gasteiger partial charge in [-0.2, -0.15) is 0 Å². The third-order valence-corrected chi connectivity index (χ3v) is 5.26. The molecule has 1 aliphatic heterocycles. The summed E-state index contributed by atoms with van der Waals surface area (Å²) >= 11 is 0. The third-order valence-electron chi connectivity index (χ3n) is 5.26. The van der Waals surface area contributed by atoms with Crippen LogP contribution in [0.4, 0.5) is 0 Å². The highest BCUT2D eigenvalue weighted by atomic mass is 127. The van der Waals surface area contributed by atoms with Gasteiger partial charge in [-0.05, 0) is 37.4 Å². The van der Waals surface area contributed by atoms with E-state index in [-0.39, 0.29) is 30.1 Å². The quantitative estimate of drug-likeness (QED) is 0.393. The van der Waals surface area contributed by atoms with Gasteiger partial charge in [-0.25, -0.2) is 0 Å². The predicted molar refractivity (Wildman–Crippen MR) is 118 cm³/mol. The van der Waals surface area contributed by atoms with Gasteiger partial charge < -0.3 is 15.0 Å². The lowest BCUT2D eigenvalue weighted by atomic mass is 10.0. The number of halogens is 1. The van der Waals surface area contributed by atoms with Crippen molar-refractivity contribution < 1.29 is 4.74 Å². The molecule has 1 heterocycles. The van der Waals surface area contributed by atoms with Crippen LogP contribution >= 0.6 is 24.0 Å². The fourth-order valence-electron chi connectivity index (χ4n) is 3.66. The lowest BCUT2D eigenvalue weighted by molar-refractivity contribution is -0.00833. The molecule has 1 saturated carbocycles. The van der Waals surface area contributed by atoms with Crippen LogP contribution in [-0.2, 0) is 4.74 Å². The zero-order chi connectivity index (χ0) is 17.6. The number of nitrogens with one attached hydrogen (secondary N) is 1. The van der Waals surface area contributed by atoms with Gasteiger partial charge in [0.25, 0.3) is 0 Å². The molecule has 1 aromatic rings. The number of benzene rings is 1. The van der Waals surface area contributed by atoms with Crippen LogP contribution in [0, 0.1) is 6.92 Å². The van der Waals surface area contributed by atoms with E-state index in [1.165, 1.54) is 24.0 Å². The molecule has 0 bridgehead atoms. The van der Waals surface area contributed by atoms with Crippen molar-refractivity contribution in [1.82, 2.24) is 15.1 Å². The Hall–Kier alpha value is -0.860. The van der Waals surface area contributed by atoms with Gasteiger partial charge >= 0.3 is 0 Å². The summed E-state index contributed by atoms with van der Waals surface area (Å²) in [5.74, 6) is 0.994. The SMILES string of the molecule is CCN(CCNC(=NC)N1CCOC(c2ccccc2C)C1)C1CC1.I. The van der Waals surface area contributed by atoms with Crippen LogP contribution < -0.4 is 5.32 Å². The number of hydrogen-bond donors (Lipinski definition) is 1. The Morgan fingerprint density at radius 3 is 2.77 bits per heavy atom. The number of aryl methyl sites for hydroxylation is 1. The Bertz CT molecular complexity index is 591. The highest BCUT2D eigenvalue weighted by molar-refractivity contribution is 14.0. The standard InChI is InChI=1S/C20H32N4O.HI/c1-4-23(17-9-10-17)12-11-22-20(21-3)24-13-14-25-19(15-24)18-8-6-5-7-16(18)2;/h5-8,17,19H,4,9-15H2,1-3H3,(H,21,22);1H. The first kappa shape index (κ1) is 21.4. The maximum absolute atomic E-state index is 6.04. The van der Waals surface area contributed by atoms with Gasteiger partial charge in [0.05, 0.1) is 13.2 Å². The van der Waals surface area contributed by atoms with E-state index in [1.807, 2.05) is 7.05 Å². The second-order valence-electron chi connectivity index (χ2n) is 7.00. The molecular weight excluding hydrogens is 439 g/mol. The number of morpholine rings is 1. The van der Waals surface area contributed by atoms with Crippen molar-refractivity contribution >= 4 is 29.9 Å². The van der Waals surface area contributed by atoms with Crippen molar-refractivity contribution in [2.24, 2.45) is 4.99 Å². The molecule has 5 nitrogen and oxygen atoms in total. The molecule has 3 rings (SSSR count). The first-order valence-electron chi connectivity index (χ1n) is 9.59. The number of hydrogen-bond acceptors (Lipinski definition) is 3. The van der Waals surface area contributed by atoms with Crippen molar-refractivity contribution in [3.63, 3.8) is 0 Å². The summed E-state index contributed by atoms with van der Waals surface area (Å²) in [6, 6.07) is 9.33. The van der Waals surface area contributed by atoms with Gasteiger partial charge in [-0.1, -0.05) is 31.2 Å². The van der Waals surface area contributed by atoms with Crippen LogP contribution in [0.15, 0.2) is 29.3 Å². The minimum atomic E-state index is 0. The van der Waals surface area contributed by atoms with Crippen molar-refractivity contribution in [1.29, 1.82) is 0 Å². The molecule has 1 N–H and O–H groups in total. The van der Waals surface area contributed by atoms with E-state index in [2.05, 4.69) is 58.2 Å². The average molecular weight is 472 g/mol. The van der Waals surface area contributed by atoms with Gasteiger partial charge in [0.2, 0.25) is 0 Å². The number of nitrogens with zero attached hydrogens (tertiary/aromatic N) is 3. The normalized spacial score (nSPS) is 20.8.